The molecule has 0 radical (unpaired) electrons. The van der Waals surface area contributed by atoms with Gasteiger partial charge in [-0.15, -0.1) is 0 Å². The molecule has 4 rings (SSSR count). The third-order valence-electron chi connectivity index (χ3n) is 5.08. The fourth-order valence-corrected chi connectivity index (χ4v) is 4.54. The smallest absolute Gasteiger partial charge is 0.238 e. The number of aliphatic imine (C=N–C) groups is 1. The SMILES string of the molecule is CCOc1cccc(NC(=O)C2CC(=O)N(Cc3ccccc3)C(=Nc3ccc(F)cc3)S2)c1. The predicted molar refractivity (Wildman–Crippen MR) is 133 cm³/mol. The standard InChI is InChI=1S/C26H24FN3O3S/c1-2-33-22-10-6-9-21(15-22)28-25(32)23-16-24(31)30(17-18-7-4-3-5-8-18)26(34-23)29-20-13-11-19(27)12-14-20/h3-15,23H,2,16-17H2,1H3,(H,28,32). The van der Waals surface area contributed by atoms with E-state index in [-0.39, 0.29) is 24.1 Å². The molecule has 0 saturated carbocycles. The van der Waals surface area contributed by atoms with Crippen molar-refractivity contribution in [1.29, 1.82) is 0 Å². The lowest BCUT2D eigenvalue weighted by Crippen LogP contribution is -2.44. The van der Waals surface area contributed by atoms with Gasteiger partial charge in [0.15, 0.2) is 5.17 Å². The minimum Gasteiger partial charge on any atom is -0.494 e. The molecule has 1 fully saturated rings. The number of hydrogen-bond donors (Lipinski definition) is 1. The fraction of sp³-hybridized carbons (Fsp3) is 0.192. The van der Waals surface area contributed by atoms with Gasteiger partial charge in [-0.2, -0.15) is 0 Å². The fourth-order valence-electron chi connectivity index (χ4n) is 3.44. The van der Waals surface area contributed by atoms with Gasteiger partial charge in [0.2, 0.25) is 11.8 Å². The number of thioether (sulfide) groups is 1. The number of ether oxygens (including phenoxy) is 1. The highest BCUT2D eigenvalue weighted by Gasteiger charge is 2.36. The summed E-state index contributed by atoms with van der Waals surface area (Å²) in [5.74, 6) is -0.214. The zero-order valence-electron chi connectivity index (χ0n) is 18.6. The molecule has 34 heavy (non-hydrogen) atoms. The number of amides is 2. The van der Waals surface area contributed by atoms with Gasteiger partial charge in [0.25, 0.3) is 0 Å². The van der Waals surface area contributed by atoms with Crippen LogP contribution in [0.2, 0.25) is 0 Å². The first-order valence-electron chi connectivity index (χ1n) is 10.9. The Hall–Kier alpha value is -3.65. The Balaban J connectivity index is 1.57. The number of hydrogen-bond acceptors (Lipinski definition) is 5. The molecule has 3 aromatic carbocycles. The first-order chi connectivity index (χ1) is 16.5. The molecule has 1 atom stereocenters. The van der Waals surface area contributed by atoms with Crippen molar-refractivity contribution in [2.45, 2.75) is 25.1 Å². The van der Waals surface area contributed by atoms with Gasteiger partial charge in [-0.25, -0.2) is 9.38 Å². The molecule has 0 aromatic heterocycles. The van der Waals surface area contributed by atoms with E-state index in [1.165, 1.54) is 36.0 Å². The van der Waals surface area contributed by atoms with Crippen molar-refractivity contribution in [3.63, 3.8) is 0 Å². The second kappa shape index (κ2) is 11.0. The molecule has 0 spiro atoms. The van der Waals surface area contributed by atoms with E-state index in [1.807, 2.05) is 43.3 Å². The van der Waals surface area contributed by atoms with E-state index >= 15 is 0 Å². The van der Waals surface area contributed by atoms with Crippen LogP contribution in [0.15, 0.2) is 83.9 Å². The van der Waals surface area contributed by atoms with Crippen molar-refractivity contribution >= 4 is 40.1 Å². The van der Waals surface area contributed by atoms with Gasteiger partial charge in [0.05, 0.1) is 18.8 Å². The highest BCUT2D eigenvalue weighted by molar-refractivity contribution is 8.15. The van der Waals surface area contributed by atoms with Gasteiger partial charge in [-0.3, -0.25) is 14.5 Å². The average molecular weight is 478 g/mol. The molecule has 174 valence electrons. The summed E-state index contributed by atoms with van der Waals surface area (Å²) in [4.78, 5) is 32.3. The van der Waals surface area contributed by atoms with Crippen LogP contribution < -0.4 is 10.1 Å². The summed E-state index contributed by atoms with van der Waals surface area (Å²) < 4.78 is 18.9. The van der Waals surface area contributed by atoms with Crippen molar-refractivity contribution in [3.8, 4) is 5.75 Å². The van der Waals surface area contributed by atoms with Crippen LogP contribution >= 0.6 is 11.8 Å². The molecule has 2 amide bonds. The highest BCUT2D eigenvalue weighted by atomic mass is 32.2. The number of anilines is 1. The number of amidine groups is 1. The van der Waals surface area contributed by atoms with E-state index in [1.54, 1.807) is 23.1 Å². The van der Waals surface area contributed by atoms with Crippen molar-refractivity contribution in [1.82, 2.24) is 4.90 Å². The van der Waals surface area contributed by atoms with Crippen molar-refractivity contribution in [3.05, 3.63) is 90.2 Å². The maximum absolute atomic E-state index is 13.4. The molecule has 0 aliphatic carbocycles. The third kappa shape index (κ3) is 6.02. The Labute approximate surface area is 201 Å². The van der Waals surface area contributed by atoms with E-state index in [4.69, 9.17) is 4.74 Å². The number of nitrogens with zero attached hydrogens (tertiary/aromatic N) is 2. The second-order valence-corrected chi connectivity index (χ2v) is 8.77. The highest BCUT2D eigenvalue weighted by Crippen LogP contribution is 2.31. The maximum Gasteiger partial charge on any atom is 0.238 e. The Morgan fingerprint density at radius 1 is 1.12 bits per heavy atom. The lowest BCUT2D eigenvalue weighted by molar-refractivity contribution is -0.129. The first-order valence-corrected chi connectivity index (χ1v) is 11.8. The van der Waals surface area contributed by atoms with Gasteiger partial charge in [0, 0.05) is 18.2 Å². The summed E-state index contributed by atoms with van der Waals surface area (Å²) in [6, 6.07) is 22.4. The number of nitrogens with one attached hydrogen (secondary N) is 1. The number of benzene rings is 3. The second-order valence-electron chi connectivity index (χ2n) is 7.60. The zero-order chi connectivity index (χ0) is 23.9. The Morgan fingerprint density at radius 3 is 2.62 bits per heavy atom. The van der Waals surface area contributed by atoms with Crippen molar-refractivity contribution in [2.75, 3.05) is 11.9 Å². The summed E-state index contributed by atoms with van der Waals surface area (Å²) in [6.45, 7) is 2.74. The van der Waals surface area contributed by atoms with E-state index in [0.717, 1.165) is 5.56 Å². The minimum absolute atomic E-state index is 0.0386. The molecule has 1 saturated heterocycles. The quantitative estimate of drug-likeness (QED) is 0.496. The van der Waals surface area contributed by atoms with Crippen molar-refractivity contribution < 1.29 is 18.7 Å². The number of carbonyl (C=O) groups is 2. The van der Waals surface area contributed by atoms with E-state index < -0.39 is 5.25 Å². The zero-order valence-corrected chi connectivity index (χ0v) is 19.4. The van der Waals surface area contributed by atoms with Crippen LogP contribution in [-0.2, 0) is 16.1 Å². The molecule has 8 heteroatoms. The average Bonchev–Trinajstić information content (AvgIpc) is 2.83. The summed E-state index contributed by atoms with van der Waals surface area (Å²) >= 11 is 1.22. The minimum atomic E-state index is -0.658. The van der Waals surface area contributed by atoms with Gasteiger partial charge < -0.3 is 10.1 Å². The number of halogens is 1. The van der Waals surface area contributed by atoms with Crippen LogP contribution in [0.5, 0.6) is 5.75 Å². The van der Waals surface area contributed by atoms with Gasteiger partial charge in [-0.1, -0.05) is 48.2 Å². The molecule has 6 nitrogen and oxygen atoms in total. The lowest BCUT2D eigenvalue weighted by Gasteiger charge is -2.32. The Morgan fingerprint density at radius 2 is 1.88 bits per heavy atom. The molecule has 1 heterocycles. The summed E-state index contributed by atoms with van der Waals surface area (Å²) in [7, 11) is 0. The van der Waals surface area contributed by atoms with Crippen LogP contribution in [0.4, 0.5) is 15.8 Å². The number of rotatable bonds is 7. The van der Waals surface area contributed by atoms with Crippen molar-refractivity contribution in [2.24, 2.45) is 4.99 Å². The lowest BCUT2D eigenvalue weighted by atomic mass is 10.2. The molecule has 1 N–H and O–H groups in total. The maximum atomic E-state index is 13.4. The number of carbonyl (C=O) groups excluding carboxylic acids is 2. The van der Waals surface area contributed by atoms with Gasteiger partial charge in [-0.05, 0) is 48.9 Å². The predicted octanol–water partition coefficient (Wildman–Crippen LogP) is 5.38. The largest absolute Gasteiger partial charge is 0.494 e. The Kier molecular flexibility index (Phi) is 7.59. The molecule has 1 aliphatic heterocycles. The van der Waals surface area contributed by atoms with Crippen LogP contribution in [0.25, 0.3) is 0 Å². The normalized spacial score (nSPS) is 17.0. The molecular formula is C26H24FN3O3S. The monoisotopic (exact) mass is 477 g/mol. The van der Waals surface area contributed by atoms with E-state index in [0.29, 0.717) is 35.4 Å². The van der Waals surface area contributed by atoms with E-state index in [9.17, 15) is 14.0 Å². The molecular weight excluding hydrogens is 453 g/mol. The first kappa shape index (κ1) is 23.5. The topological polar surface area (TPSA) is 71.0 Å². The van der Waals surface area contributed by atoms with Gasteiger partial charge >= 0.3 is 0 Å². The third-order valence-corrected chi connectivity index (χ3v) is 6.27. The van der Waals surface area contributed by atoms with Crippen LogP contribution in [0.3, 0.4) is 0 Å². The van der Waals surface area contributed by atoms with Crippen LogP contribution in [0, 0.1) is 5.82 Å². The van der Waals surface area contributed by atoms with Crippen LogP contribution in [-0.4, -0.2) is 33.7 Å². The summed E-state index contributed by atoms with van der Waals surface area (Å²) in [5, 5.41) is 2.61. The molecule has 1 unspecified atom stereocenters. The Bertz CT molecular complexity index is 1190. The molecule has 1 aliphatic rings. The van der Waals surface area contributed by atoms with E-state index in [2.05, 4.69) is 10.3 Å². The van der Waals surface area contributed by atoms with Gasteiger partial charge in [0.1, 0.15) is 16.8 Å². The summed E-state index contributed by atoms with van der Waals surface area (Å²) in [5.41, 5.74) is 2.03. The molecule has 0 bridgehead atoms. The van der Waals surface area contributed by atoms with Crippen LogP contribution in [0.1, 0.15) is 18.9 Å². The molecule has 3 aromatic rings. The summed E-state index contributed by atoms with van der Waals surface area (Å²) in [6.07, 6.45) is 0.0386.